The summed E-state index contributed by atoms with van der Waals surface area (Å²) in [5.41, 5.74) is 14.2. The maximum Gasteiger partial charge on any atom is 0.240 e. The molecule has 0 saturated carbocycles. The van der Waals surface area contributed by atoms with Crippen LogP contribution in [0.15, 0.2) is 224 Å². The Morgan fingerprint density at radius 2 is 0.516 bits per heavy atom. The van der Waals surface area contributed by atoms with Crippen molar-refractivity contribution in [3.63, 3.8) is 0 Å². The van der Waals surface area contributed by atoms with Gasteiger partial charge in [0.25, 0.3) is 0 Å². The molecule has 0 bridgehead atoms. The van der Waals surface area contributed by atoms with Crippen molar-refractivity contribution in [2.45, 2.75) is 0 Å². The Morgan fingerprint density at radius 1 is 0.226 bits per heavy atom. The third-order valence-corrected chi connectivity index (χ3v) is 12.0. The van der Waals surface area contributed by atoms with Gasteiger partial charge in [0.2, 0.25) is 11.9 Å². The molecule has 12 rings (SSSR count). The molecule has 0 fully saturated rings. The maximum atomic E-state index is 5.35. The lowest BCUT2D eigenvalue weighted by molar-refractivity contribution is 0.893. The summed E-state index contributed by atoms with van der Waals surface area (Å²) in [5.74, 6) is 1.70. The van der Waals surface area contributed by atoms with Crippen molar-refractivity contribution in [1.29, 1.82) is 0 Å². The smallest absolute Gasteiger partial charge is 0.240 e. The van der Waals surface area contributed by atoms with Crippen LogP contribution in [0, 0.1) is 0 Å². The zero-order valence-corrected chi connectivity index (χ0v) is 33.6. The van der Waals surface area contributed by atoms with E-state index in [-0.39, 0.29) is 0 Å². The highest BCUT2D eigenvalue weighted by atomic mass is 15.3. The largest absolute Gasteiger partial charge is 0.278 e. The number of aromatic nitrogens is 5. The summed E-state index contributed by atoms with van der Waals surface area (Å²) in [6, 6.07) is 79.4. The second-order valence-corrected chi connectivity index (χ2v) is 15.7. The Hall–Kier alpha value is -8.41. The molecule has 62 heavy (non-hydrogen) atoms. The fourth-order valence-corrected chi connectivity index (χ4v) is 9.06. The second kappa shape index (κ2) is 14.7. The summed E-state index contributed by atoms with van der Waals surface area (Å²) in [6.07, 6.45) is 0. The normalized spacial score (nSPS) is 11.5. The van der Waals surface area contributed by atoms with Crippen molar-refractivity contribution in [2.75, 3.05) is 0 Å². The minimum Gasteiger partial charge on any atom is -0.278 e. The summed E-state index contributed by atoms with van der Waals surface area (Å²) >= 11 is 0. The number of fused-ring (bicyclic) bond motifs is 6. The molecule has 3 heterocycles. The quantitative estimate of drug-likeness (QED) is 0.162. The molecule has 12 aromatic rings. The molecule has 0 radical (unpaired) electrons. The van der Waals surface area contributed by atoms with E-state index in [1.165, 1.54) is 11.1 Å². The Morgan fingerprint density at radius 3 is 0.952 bits per heavy atom. The molecule has 9 aromatic carbocycles. The minimum absolute atomic E-state index is 0.557. The van der Waals surface area contributed by atoms with Crippen LogP contribution in [-0.2, 0) is 0 Å². The molecule has 0 aliphatic rings. The van der Waals surface area contributed by atoms with Crippen molar-refractivity contribution >= 4 is 43.6 Å². The molecule has 3 aromatic heterocycles. The first-order valence-corrected chi connectivity index (χ1v) is 20.9. The lowest BCUT2D eigenvalue weighted by Crippen LogP contribution is -2.10. The van der Waals surface area contributed by atoms with Gasteiger partial charge >= 0.3 is 0 Å². The number of para-hydroxylation sites is 4. The molecule has 0 atom stereocenters. The van der Waals surface area contributed by atoms with Crippen molar-refractivity contribution in [3.05, 3.63) is 224 Å². The average Bonchev–Trinajstić information content (AvgIpc) is 3.88. The Labute approximate surface area is 358 Å². The fourth-order valence-electron chi connectivity index (χ4n) is 9.06. The van der Waals surface area contributed by atoms with Gasteiger partial charge in [-0.05, 0) is 99.1 Å². The van der Waals surface area contributed by atoms with Gasteiger partial charge in [-0.25, -0.2) is 0 Å². The van der Waals surface area contributed by atoms with Crippen LogP contribution in [0.25, 0.3) is 111 Å². The van der Waals surface area contributed by atoms with Crippen LogP contribution in [0.1, 0.15) is 0 Å². The maximum absolute atomic E-state index is 5.35. The van der Waals surface area contributed by atoms with Crippen LogP contribution in [0.4, 0.5) is 0 Å². The minimum atomic E-state index is 0.557. The van der Waals surface area contributed by atoms with Crippen molar-refractivity contribution in [2.24, 2.45) is 0 Å². The predicted octanol–water partition coefficient (Wildman–Crippen LogP) is 14.4. The summed E-state index contributed by atoms with van der Waals surface area (Å²) < 4.78 is 4.35. The molecule has 0 N–H and O–H groups in total. The van der Waals surface area contributed by atoms with E-state index < -0.39 is 0 Å². The summed E-state index contributed by atoms with van der Waals surface area (Å²) in [5, 5.41) is 4.59. The molecule has 5 heteroatoms. The lowest BCUT2D eigenvalue weighted by atomic mass is 9.91. The number of nitrogens with zero attached hydrogens (tertiary/aromatic N) is 5. The van der Waals surface area contributed by atoms with E-state index in [4.69, 9.17) is 15.0 Å². The van der Waals surface area contributed by atoms with Crippen LogP contribution in [-0.4, -0.2) is 24.1 Å². The summed E-state index contributed by atoms with van der Waals surface area (Å²) in [7, 11) is 0. The first-order chi connectivity index (χ1) is 30.7. The fraction of sp³-hybridized carbons (Fsp3) is 0. The zero-order chi connectivity index (χ0) is 41.0. The number of benzene rings is 9. The Balaban J connectivity index is 1.07. The van der Waals surface area contributed by atoms with Gasteiger partial charge in [-0.15, -0.1) is 0 Å². The molecular weight excluding hydrogens is 755 g/mol. The highest BCUT2D eigenvalue weighted by Gasteiger charge is 2.21. The summed E-state index contributed by atoms with van der Waals surface area (Å²) in [4.78, 5) is 16.0. The van der Waals surface area contributed by atoms with Crippen LogP contribution in [0.5, 0.6) is 0 Å². The average molecular weight is 792 g/mol. The number of rotatable bonds is 7. The Bertz CT molecular complexity index is 3400. The SMILES string of the molecule is c1ccc(-c2cccc(-c3cc(-c4ccccc4)cc(-c4cccc(-c5nc(-n6c7ccccc7c7ccccc76)nc(-n6c7ccccc7c7ccccc76)n5)c4)c3)c2)cc1. The molecule has 290 valence electrons. The van der Waals surface area contributed by atoms with E-state index in [1.807, 2.05) is 0 Å². The van der Waals surface area contributed by atoms with Crippen LogP contribution < -0.4 is 0 Å². The van der Waals surface area contributed by atoms with E-state index in [9.17, 15) is 0 Å². The van der Waals surface area contributed by atoms with Crippen molar-refractivity contribution in [1.82, 2.24) is 24.1 Å². The molecule has 0 aliphatic heterocycles. The van der Waals surface area contributed by atoms with Gasteiger partial charge in [-0.2, -0.15) is 15.0 Å². The molecule has 0 amide bonds. The third-order valence-electron chi connectivity index (χ3n) is 12.0. The first-order valence-electron chi connectivity index (χ1n) is 20.9. The standard InChI is InChI=1S/C57H37N5/c1-3-17-38(18-4-1)40-21-15-22-41(33-40)45-35-44(39-19-5-2-6-20-39)36-46(37-45)42-23-16-24-43(34-42)55-58-56(61-51-29-11-7-25-47(51)48-26-8-12-30-52(48)61)60-57(59-55)62-53-31-13-9-27-49(53)50-28-10-14-32-54(50)62/h1-37H. The molecular formula is C57H37N5. The van der Waals surface area contributed by atoms with Gasteiger partial charge in [0.1, 0.15) is 0 Å². The Kier molecular flexibility index (Phi) is 8.42. The van der Waals surface area contributed by atoms with Crippen LogP contribution >= 0.6 is 0 Å². The van der Waals surface area contributed by atoms with Gasteiger partial charge in [0.15, 0.2) is 5.82 Å². The molecule has 5 nitrogen and oxygen atoms in total. The van der Waals surface area contributed by atoms with E-state index in [1.54, 1.807) is 0 Å². The number of hydrogen-bond donors (Lipinski definition) is 0. The van der Waals surface area contributed by atoms with Gasteiger partial charge in [-0.1, -0.05) is 170 Å². The van der Waals surface area contributed by atoms with Gasteiger partial charge < -0.3 is 0 Å². The van der Waals surface area contributed by atoms with Crippen LogP contribution in [0.3, 0.4) is 0 Å². The van der Waals surface area contributed by atoms with Crippen molar-refractivity contribution in [3.8, 4) is 67.8 Å². The van der Waals surface area contributed by atoms with Gasteiger partial charge in [0.05, 0.1) is 22.1 Å². The van der Waals surface area contributed by atoms with E-state index in [0.29, 0.717) is 17.7 Å². The first kappa shape index (κ1) is 35.5. The molecule has 0 spiro atoms. The summed E-state index contributed by atoms with van der Waals surface area (Å²) in [6.45, 7) is 0. The number of hydrogen-bond acceptors (Lipinski definition) is 3. The zero-order valence-electron chi connectivity index (χ0n) is 33.6. The highest BCUT2D eigenvalue weighted by Crippen LogP contribution is 2.38. The monoisotopic (exact) mass is 791 g/mol. The molecule has 0 unspecified atom stereocenters. The van der Waals surface area contributed by atoms with Crippen molar-refractivity contribution < 1.29 is 0 Å². The van der Waals surface area contributed by atoms with Gasteiger partial charge in [-0.3, -0.25) is 9.13 Å². The van der Waals surface area contributed by atoms with E-state index >= 15 is 0 Å². The van der Waals surface area contributed by atoms with Gasteiger partial charge in [0, 0.05) is 27.1 Å². The second-order valence-electron chi connectivity index (χ2n) is 15.7. The predicted molar refractivity (Wildman–Crippen MR) is 256 cm³/mol. The molecule has 0 saturated heterocycles. The lowest BCUT2D eigenvalue weighted by Gasteiger charge is -2.14. The topological polar surface area (TPSA) is 48.5 Å². The van der Waals surface area contributed by atoms with E-state index in [2.05, 4.69) is 234 Å². The van der Waals surface area contributed by atoms with E-state index in [0.717, 1.165) is 82.6 Å². The highest BCUT2D eigenvalue weighted by molar-refractivity contribution is 6.10. The molecule has 0 aliphatic carbocycles. The van der Waals surface area contributed by atoms with Crippen LogP contribution in [0.2, 0.25) is 0 Å². The third kappa shape index (κ3) is 6.06.